The predicted octanol–water partition coefficient (Wildman–Crippen LogP) is 2.67. The molecule has 0 fully saturated rings. The molecular weight excluding hydrogens is 310 g/mol. The highest BCUT2D eigenvalue weighted by Gasteiger charge is 2.05. The van der Waals surface area contributed by atoms with E-state index >= 15 is 0 Å². The third kappa shape index (κ3) is 6.07. The zero-order valence-corrected chi connectivity index (χ0v) is 12.9. The third-order valence-electron chi connectivity index (χ3n) is 2.56. The van der Waals surface area contributed by atoms with Crippen LogP contribution in [0.25, 0.3) is 0 Å². The fourth-order valence-corrected chi connectivity index (χ4v) is 2.20. The topological polar surface area (TPSA) is 61.5 Å². The first-order chi connectivity index (χ1) is 9.02. The van der Waals surface area contributed by atoms with Crippen LogP contribution in [0.4, 0.5) is 0 Å². The molecule has 0 amide bonds. The molecule has 0 radical (unpaired) electrons. The Balaban J connectivity index is 2.44. The van der Waals surface area contributed by atoms with Crippen molar-refractivity contribution in [3.8, 4) is 5.75 Å². The number of rotatable bonds is 7. The number of benzene rings is 1. The molecule has 1 atom stereocenters. The second kappa shape index (κ2) is 8.17. The SMILES string of the molecule is COC(=O)CCCOc1ccc(CC(C)N)cc1Br. The number of ether oxygens (including phenoxy) is 2. The van der Waals surface area contributed by atoms with Crippen LogP contribution in [0.2, 0.25) is 0 Å². The Hall–Kier alpha value is -1.07. The van der Waals surface area contributed by atoms with E-state index in [1.54, 1.807) is 0 Å². The Morgan fingerprint density at radius 2 is 2.21 bits per heavy atom. The average molecular weight is 330 g/mol. The van der Waals surface area contributed by atoms with Gasteiger partial charge < -0.3 is 15.2 Å². The molecule has 1 aromatic carbocycles. The number of hydrogen-bond acceptors (Lipinski definition) is 4. The van der Waals surface area contributed by atoms with Crippen LogP contribution < -0.4 is 10.5 Å². The van der Waals surface area contributed by atoms with Gasteiger partial charge in [0.1, 0.15) is 5.75 Å². The summed E-state index contributed by atoms with van der Waals surface area (Å²) >= 11 is 3.47. The molecule has 106 valence electrons. The minimum Gasteiger partial charge on any atom is -0.492 e. The van der Waals surface area contributed by atoms with Gasteiger partial charge in [-0.2, -0.15) is 0 Å². The highest BCUT2D eigenvalue weighted by Crippen LogP contribution is 2.26. The number of nitrogens with two attached hydrogens (primary N) is 1. The molecule has 0 aliphatic carbocycles. The van der Waals surface area contributed by atoms with E-state index in [-0.39, 0.29) is 12.0 Å². The monoisotopic (exact) mass is 329 g/mol. The first-order valence-electron chi connectivity index (χ1n) is 6.26. The van der Waals surface area contributed by atoms with Crippen molar-refractivity contribution in [1.29, 1.82) is 0 Å². The van der Waals surface area contributed by atoms with Crippen LogP contribution >= 0.6 is 15.9 Å². The average Bonchev–Trinajstić information content (AvgIpc) is 2.35. The molecule has 19 heavy (non-hydrogen) atoms. The first kappa shape index (κ1) is 16.0. The summed E-state index contributed by atoms with van der Waals surface area (Å²) in [5, 5.41) is 0. The number of halogens is 1. The van der Waals surface area contributed by atoms with Crippen molar-refractivity contribution in [3.63, 3.8) is 0 Å². The molecule has 0 saturated heterocycles. The lowest BCUT2D eigenvalue weighted by Gasteiger charge is -2.10. The van der Waals surface area contributed by atoms with Crippen LogP contribution in [0.1, 0.15) is 25.3 Å². The van der Waals surface area contributed by atoms with Crippen molar-refractivity contribution in [3.05, 3.63) is 28.2 Å². The van der Waals surface area contributed by atoms with Gasteiger partial charge in [0.15, 0.2) is 0 Å². The summed E-state index contributed by atoms with van der Waals surface area (Å²) in [4.78, 5) is 10.9. The number of methoxy groups -OCH3 is 1. The van der Waals surface area contributed by atoms with Gasteiger partial charge in [0.05, 0.1) is 18.2 Å². The summed E-state index contributed by atoms with van der Waals surface area (Å²) in [5.74, 6) is 0.563. The van der Waals surface area contributed by atoms with Crippen LogP contribution in [0.5, 0.6) is 5.75 Å². The summed E-state index contributed by atoms with van der Waals surface area (Å²) in [6.07, 6.45) is 1.85. The summed E-state index contributed by atoms with van der Waals surface area (Å²) in [6.45, 7) is 2.46. The van der Waals surface area contributed by atoms with Gasteiger partial charge in [-0.15, -0.1) is 0 Å². The van der Waals surface area contributed by atoms with Gasteiger partial charge in [-0.05, 0) is 53.4 Å². The molecule has 0 saturated carbocycles. The second-order valence-corrected chi connectivity index (χ2v) is 5.33. The minimum absolute atomic E-state index is 0.138. The van der Waals surface area contributed by atoms with E-state index in [4.69, 9.17) is 10.5 Å². The lowest BCUT2D eigenvalue weighted by molar-refractivity contribution is -0.140. The van der Waals surface area contributed by atoms with E-state index < -0.39 is 0 Å². The quantitative estimate of drug-likeness (QED) is 0.617. The Kier molecular flexibility index (Phi) is 6.87. The van der Waals surface area contributed by atoms with Gasteiger partial charge in [-0.1, -0.05) is 6.07 Å². The van der Waals surface area contributed by atoms with Crippen molar-refractivity contribution in [1.82, 2.24) is 0 Å². The molecule has 1 aromatic rings. The van der Waals surface area contributed by atoms with Crippen LogP contribution in [-0.2, 0) is 16.0 Å². The van der Waals surface area contributed by atoms with Crippen molar-refractivity contribution in [2.75, 3.05) is 13.7 Å². The molecule has 0 bridgehead atoms. The molecule has 5 heteroatoms. The van der Waals surface area contributed by atoms with Gasteiger partial charge in [-0.3, -0.25) is 4.79 Å². The summed E-state index contributed by atoms with van der Waals surface area (Å²) < 4.78 is 11.1. The Bertz CT molecular complexity index is 421. The summed E-state index contributed by atoms with van der Waals surface area (Å²) in [7, 11) is 1.39. The van der Waals surface area contributed by atoms with Gasteiger partial charge in [0.25, 0.3) is 0 Å². The number of hydrogen-bond donors (Lipinski definition) is 1. The third-order valence-corrected chi connectivity index (χ3v) is 3.18. The molecule has 0 aliphatic heterocycles. The largest absolute Gasteiger partial charge is 0.492 e. The smallest absolute Gasteiger partial charge is 0.305 e. The van der Waals surface area contributed by atoms with E-state index in [9.17, 15) is 4.79 Å². The minimum atomic E-state index is -0.213. The van der Waals surface area contributed by atoms with Crippen LogP contribution in [0, 0.1) is 0 Å². The lowest BCUT2D eigenvalue weighted by Crippen LogP contribution is -2.17. The van der Waals surface area contributed by atoms with Gasteiger partial charge in [0.2, 0.25) is 0 Å². The zero-order valence-electron chi connectivity index (χ0n) is 11.3. The fraction of sp³-hybridized carbons (Fsp3) is 0.500. The standard InChI is InChI=1S/C14H20BrNO3/c1-10(16)8-11-5-6-13(12(15)9-11)19-7-3-4-14(17)18-2/h5-6,9-10H,3-4,7-8,16H2,1-2H3. The van der Waals surface area contributed by atoms with Crippen LogP contribution in [-0.4, -0.2) is 25.7 Å². The van der Waals surface area contributed by atoms with Crippen molar-refractivity contribution in [2.45, 2.75) is 32.2 Å². The number of carbonyl (C=O) groups is 1. The van der Waals surface area contributed by atoms with Crippen LogP contribution in [0.3, 0.4) is 0 Å². The first-order valence-corrected chi connectivity index (χ1v) is 7.06. The predicted molar refractivity (Wildman–Crippen MR) is 78.2 cm³/mol. The van der Waals surface area contributed by atoms with Crippen molar-refractivity contribution < 1.29 is 14.3 Å². The zero-order chi connectivity index (χ0) is 14.3. The number of carbonyl (C=O) groups excluding carboxylic acids is 1. The van der Waals surface area contributed by atoms with E-state index in [2.05, 4.69) is 20.7 Å². The van der Waals surface area contributed by atoms with Crippen molar-refractivity contribution >= 4 is 21.9 Å². The van der Waals surface area contributed by atoms with Crippen molar-refractivity contribution in [2.24, 2.45) is 5.73 Å². The fourth-order valence-electron chi connectivity index (χ4n) is 1.66. The van der Waals surface area contributed by atoms with E-state index in [1.165, 1.54) is 12.7 Å². The van der Waals surface area contributed by atoms with Gasteiger partial charge >= 0.3 is 5.97 Å². The molecular formula is C14H20BrNO3. The van der Waals surface area contributed by atoms with E-state index in [0.717, 1.165) is 16.6 Å². The second-order valence-electron chi connectivity index (χ2n) is 4.47. The highest BCUT2D eigenvalue weighted by atomic mass is 79.9. The van der Waals surface area contributed by atoms with Gasteiger partial charge in [-0.25, -0.2) is 0 Å². The van der Waals surface area contributed by atoms with Gasteiger partial charge in [0, 0.05) is 12.5 Å². The molecule has 0 spiro atoms. The maximum atomic E-state index is 10.9. The molecule has 1 unspecified atom stereocenters. The Labute approximate surface area is 122 Å². The summed E-state index contributed by atoms with van der Waals surface area (Å²) in [5.41, 5.74) is 6.93. The number of esters is 1. The lowest BCUT2D eigenvalue weighted by atomic mass is 10.1. The molecule has 4 nitrogen and oxygen atoms in total. The maximum absolute atomic E-state index is 10.9. The molecule has 2 N–H and O–H groups in total. The van der Waals surface area contributed by atoms with Crippen LogP contribution in [0.15, 0.2) is 22.7 Å². The highest BCUT2D eigenvalue weighted by molar-refractivity contribution is 9.10. The van der Waals surface area contributed by atoms with E-state index in [0.29, 0.717) is 19.4 Å². The molecule has 0 heterocycles. The van der Waals surface area contributed by atoms with E-state index in [1.807, 2.05) is 25.1 Å². The molecule has 1 rings (SSSR count). The molecule has 0 aliphatic rings. The summed E-state index contributed by atoms with van der Waals surface area (Å²) in [6, 6.07) is 6.07. The maximum Gasteiger partial charge on any atom is 0.305 e. The normalized spacial score (nSPS) is 12.0. The Morgan fingerprint density at radius 1 is 1.47 bits per heavy atom. The molecule has 0 aromatic heterocycles. The Morgan fingerprint density at radius 3 is 2.79 bits per heavy atom.